The van der Waals surface area contributed by atoms with Crippen LogP contribution in [0.2, 0.25) is 0 Å². The molecule has 0 bridgehead atoms. The second-order valence-electron chi connectivity index (χ2n) is 3.95. The molecular weight excluding hydrogens is 250 g/mol. The van der Waals surface area contributed by atoms with Gasteiger partial charge in [-0.2, -0.15) is 0 Å². The molecule has 4 nitrogen and oxygen atoms in total. The molecule has 98 valence electrons. The molecule has 0 radical (unpaired) electrons. The SMILES string of the molecule is C=C(C)COC(=O)CCCNC(=O)c1cccs1. The minimum atomic E-state index is -0.261. The van der Waals surface area contributed by atoms with Crippen LogP contribution in [0.4, 0.5) is 0 Å². The van der Waals surface area contributed by atoms with Crippen LogP contribution in [0.25, 0.3) is 0 Å². The first-order valence-corrected chi connectivity index (χ1v) is 6.59. The van der Waals surface area contributed by atoms with E-state index in [2.05, 4.69) is 11.9 Å². The van der Waals surface area contributed by atoms with Gasteiger partial charge in [-0.25, -0.2) is 0 Å². The van der Waals surface area contributed by atoms with Gasteiger partial charge in [-0.15, -0.1) is 11.3 Å². The highest BCUT2D eigenvalue weighted by Gasteiger charge is 2.06. The number of ether oxygens (including phenoxy) is 1. The normalized spacial score (nSPS) is 9.83. The first-order chi connectivity index (χ1) is 8.59. The van der Waals surface area contributed by atoms with Crippen molar-refractivity contribution in [2.24, 2.45) is 0 Å². The first kappa shape index (κ1) is 14.4. The topological polar surface area (TPSA) is 55.4 Å². The highest BCUT2D eigenvalue weighted by molar-refractivity contribution is 7.12. The minimum absolute atomic E-state index is 0.0969. The Morgan fingerprint density at radius 3 is 2.89 bits per heavy atom. The molecule has 0 aliphatic carbocycles. The van der Waals surface area contributed by atoms with E-state index in [1.165, 1.54) is 11.3 Å². The molecule has 0 fully saturated rings. The highest BCUT2D eigenvalue weighted by Crippen LogP contribution is 2.07. The molecule has 0 saturated carbocycles. The zero-order valence-electron chi connectivity index (χ0n) is 10.4. The molecule has 0 aromatic carbocycles. The van der Waals surface area contributed by atoms with Crippen LogP contribution in [-0.2, 0) is 9.53 Å². The van der Waals surface area contributed by atoms with Gasteiger partial charge in [0.25, 0.3) is 5.91 Å². The number of carbonyl (C=O) groups excluding carboxylic acids is 2. The summed E-state index contributed by atoms with van der Waals surface area (Å²) in [4.78, 5) is 23.5. The summed E-state index contributed by atoms with van der Waals surface area (Å²) in [6, 6.07) is 3.59. The summed E-state index contributed by atoms with van der Waals surface area (Å²) in [5.74, 6) is -0.358. The number of hydrogen-bond donors (Lipinski definition) is 1. The van der Waals surface area contributed by atoms with E-state index in [1.807, 2.05) is 11.4 Å². The van der Waals surface area contributed by atoms with Crippen LogP contribution in [0.3, 0.4) is 0 Å². The first-order valence-electron chi connectivity index (χ1n) is 5.71. The van der Waals surface area contributed by atoms with Crippen molar-refractivity contribution in [3.63, 3.8) is 0 Å². The quantitative estimate of drug-likeness (QED) is 0.469. The molecular formula is C13H17NO3S. The predicted octanol–water partition coefficient (Wildman–Crippen LogP) is 2.38. The Bertz CT molecular complexity index is 412. The predicted molar refractivity (Wildman–Crippen MR) is 71.7 cm³/mol. The van der Waals surface area contributed by atoms with E-state index in [9.17, 15) is 9.59 Å². The Hall–Kier alpha value is -1.62. The molecule has 1 rings (SSSR count). The van der Waals surface area contributed by atoms with E-state index in [4.69, 9.17) is 4.74 Å². The fourth-order valence-corrected chi connectivity index (χ4v) is 1.85. The van der Waals surface area contributed by atoms with Gasteiger partial charge in [0.15, 0.2) is 0 Å². The maximum absolute atomic E-state index is 11.5. The van der Waals surface area contributed by atoms with Crippen LogP contribution in [0.1, 0.15) is 29.4 Å². The van der Waals surface area contributed by atoms with Crippen molar-refractivity contribution >= 4 is 23.2 Å². The van der Waals surface area contributed by atoms with Crippen LogP contribution in [-0.4, -0.2) is 25.0 Å². The Balaban J connectivity index is 2.10. The van der Waals surface area contributed by atoms with Gasteiger partial charge in [0.1, 0.15) is 6.61 Å². The maximum Gasteiger partial charge on any atom is 0.306 e. The number of carbonyl (C=O) groups is 2. The van der Waals surface area contributed by atoms with Gasteiger partial charge in [-0.1, -0.05) is 12.6 Å². The number of amides is 1. The summed E-state index contributed by atoms with van der Waals surface area (Å²) in [6.45, 7) is 6.18. The fraction of sp³-hybridized carbons (Fsp3) is 0.385. The molecule has 18 heavy (non-hydrogen) atoms. The third kappa shape index (κ3) is 5.63. The summed E-state index contributed by atoms with van der Waals surface area (Å²) in [6.07, 6.45) is 0.879. The van der Waals surface area contributed by atoms with Gasteiger partial charge >= 0.3 is 5.97 Å². The number of rotatable bonds is 7. The monoisotopic (exact) mass is 267 g/mol. The molecule has 1 heterocycles. The molecule has 1 N–H and O–H groups in total. The van der Waals surface area contributed by atoms with Gasteiger partial charge < -0.3 is 10.1 Å². The van der Waals surface area contributed by atoms with E-state index in [1.54, 1.807) is 13.0 Å². The van der Waals surface area contributed by atoms with Gasteiger partial charge in [-0.3, -0.25) is 9.59 Å². The molecule has 0 unspecified atom stereocenters. The van der Waals surface area contributed by atoms with Gasteiger partial charge in [-0.05, 0) is 30.4 Å². The summed E-state index contributed by atoms with van der Waals surface area (Å²) in [7, 11) is 0. The molecule has 0 atom stereocenters. The second-order valence-corrected chi connectivity index (χ2v) is 4.90. The third-order valence-corrected chi connectivity index (χ3v) is 2.94. The largest absolute Gasteiger partial charge is 0.461 e. The Morgan fingerprint density at radius 2 is 2.28 bits per heavy atom. The summed E-state index contributed by atoms with van der Waals surface area (Å²) in [5, 5.41) is 4.60. The van der Waals surface area contributed by atoms with Crippen LogP contribution >= 0.6 is 11.3 Å². The lowest BCUT2D eigenvalue weighted by Crippen LogP contribution is -2.24. The standard InChI is InChI=1S/C13H17NO3S/c1-10(2)9-17-12(15)6-3-7-14-13(16)11-5-4-8-18-11/h4-5,8H,1,3,6-7,9H2,2H3,(H,14,16). The fourth-order valence-electron chi connectivity index (χ4n) is 1.21. The van der Waals surface area contributed by atoms with Crippen molar-refractivity contribution in [2.75, 3.05) is 13.2 Å². The molecule has 0 aliphatic rings. The van der Waals surface area contributed by atoms with Crippen LogP contribution in [0.5, 0.6) is 0 Å². The lowest BCUT2D eigenvalue weighted by atomic mass is 10.3. The second kappa shape index (κ2) is 7.66. The Labute approximate surface area is 111 Å². The van der Waals surface area contributed by atoms with Crippen LogP contribution in [0.15, 0.2) is 29.7 Å². The Kier molecular flexibility index (Phi) is 6.14. The number of thiophene rings is 1. The number of nitrogens with one attached hydrogen (secondary N) is 1. The van der Waals surface area contributed by atoms with Crippen molar-refractivity contribution in [2.45, 2.75) is 19.8 Å². The van der Waals surface area contributed by atoms with E-state index < -0.39 is 0 Å². The zero-order chi connectivity index (χ0) is 13.4. The lowest BCUT2D eigenvalue weighted by molar-refractivity contribution is -0.142. The smallest absolute Gasteiger partial charge is 0.306 e. The minimum Gasteiger partial charge on any atom is -0.461 e. The lowest BCUT2D eigenvalue weighted by Gasteiger charge is -2.05. The molecule has 0 aliphatic heterocycles. The average Bonchev–Trinajstić information content (AvgIpc) is 2.85. The van der Waals surface area contributed by atoms with Crippen LogP contribution < -0.4 is 5.32 Å². The Morgan fingerprint density at radius 1 is 1.50 bits per heavy atom. The van der Waals surface area contributed by atoms with Crippen molar-refractivity contribution in [1.29, 1.82) is 0 Å². The highest BCUT2D eigenvalue weighted by atomic mass is 32.1. The molecule has 0 spiro atoms. The van der Waals surface area contributed by atoms with E-state index in [-0.39, 0.29) is 18.5 Å². The zero-order valence-corrected chi connectivity index (χ0v) is 11.2. The van der Waals surface area contributed by atoms with E-state index >= 15 is 0 Å². The van der Waals surface area contributed by atoms with Crippen molar-refractivity contribution in [3.05, 3.63) is 34.5 Å². The van der Waals surface area contributed by atoms with Gasteiger partial charge in [0, 0.05) is 13.0 Å². The van der Waals surface area contributed by atoms with Crippen molar-refractivity contribution in [1.82, 2.24) is 5.32 Å². The number of esters is 1. The summed E-state index contributed by atoms with van der Waals surface area (Å²) >= 11 is 1.39. The maximum atomic E-state index is 11.5. The molecule has 5 heteroatoms. The third-order valence-electron chi connectivity index (χ3n) is 2.07. The number of hydrogen-bond acceptors (Lipinski definition) is 4. The van der Waals surface area contributed by atoms with Crippen molar-refractivity contribution < 1.29 is 14.3 Å². The molecule has 1 aromatic heterocycles. The molecule has 1 amide bonds. The van der Waals surface area contributed by atoms with Crippen molar-refractivity contribution in [3.8, 4) is 0 Å². The summed E-state index contributed by atoms with van der Waals surface area (Å²) in [5.41, 5.74) is 0.814. The molecule has 1 aromatic rings. The van der Waals surface area contributed by atoms with Crippen LogP contribution in [0, 0.1) is 0 Å². The van der Waals surface area contributed by atoms with E-state index in [0.717, 1.165) is 5.57 Å². The summed E-state index contributed by atoms with van der Waals surface area (Å²) < 4.78 is 4.93. The van der Waals surface area contributed by atoms with Gasteiger partial charge in [0.2, 0.25) is 0 Å². The van der Waals surface area contributed by atoms with Gasteiger partial charge in [0.05, 0.1) is 4.88 Å². The average molecular weight is 267 g/mol. The molecule has 0 saturated heterocycles. The van der Waals surface area contributed by atoms with E-state index in [0.29, 0.717) is 24.3 Å².